The molecule has 0 spiro atoms. The minimum atomic E-state index is -1.07. The van der Waals surface area contributed by atoms with Gasteiger partial charge in [0.05, 0.1) is 19.7 Å². The topological polar surface area (TPSA) is 98.6 Å². The zero-order valence-corrected chi connectivity index (χ0v) is 22.6. The fourth-order valence-corrected chi connectivity index (χ4v) is 4.27. The Hall–Kier alpha value is -4.40. The van der Waals surface area contributed by atoms with Crippen LogP contribution in [-0.4, -0.2) is 46.6 Å². The molecule has 9 heteroatoms. The molecule has 4 aromatic rings. The van der Waals surface area contributed by atoms with Gasteiger partial charge in [-0.3, -0.25) is 14.5 Å². The van der Waals surface area contributed by atoms with Gasteiger partial charge in [0, 0.05) is 16.8 Å². The van der Waals surface area contributed by atoms with Crippen LogP contribution in [0.3, 0.4) is 0 Å². The number of nitrogens with one attached hydrogen (secondary N) is 1. The molecule has 0 aliphatic carbocycles. The molecule has 0 fully saturated rings. The normalized spacial score (nSPS) is 12.2. The lowest BCUT2D eigenvalue weighted by Gasteiger charge is -2.34. The molecule has 1 unspecified atom stereocenters. The quantitative estimate of drug-likeness (QED) is 0.372. The van der Waals surface area contributed by atoms with Crippen molar-refractivity contribution >= 4 is 28.5 Å². The molecule has 1 N–H and O–H groups in total. The molecule has 0 saturated carbocycles. The third kappa shape index (κ3) is 5.77. The molecule has 0 bridgehead atoms. The number of amides is 2. The molecule has 3 aromatic carbocycles. The number of carbonyl (C=O) groups is 2. The number of nitrogens with zero attached hydrogens (tertiary/aromatic N) is 4. The van der Waals surface area contributed by atoms with E-state index in [1.165, 1.54) is 12.0 Å². The van der Waals surface area contributed by atoms with Crippen molar-refractivity contribution in [1.29, 1.82) is 0 Å². The predicted octanol–water partition coefficient (Wildman–Crippen LogP) is 4.45. The predicted molar refractivity (Wildman–Crippen MR) is 146 cm³/mol. The van der Waals surface area contributed by atoms with Crippen molar-refractivity contribution in [3.63, 3.8) is 0 Å². The van der Waals surface area contributed by atoms with Crippen molar-refractivity contribution in [1.82, 2.24) is 20.3 Å². The number of methoxy groups -OCH3 is 2. The first-order valence-electron chi connectivity index (χ1n) is 12.3. The van der Waals surface area contributed by atoms with Crippen LogP contribution in [-0.2, 0) is 16.1 Å². The Morgan fingerprint density at radius 2 is 1.71 bits per heavy atom. The van der Waals surface area contributed by atoms with E-state index < -0.39 is 11.6 Å². The molecule has 9 nitrogen and oxygen atoms in total. The van der Waals surface area contributed by atoms with Gasteiger partial charge in [0.2, 0.25) is 11.8 Å². The van der Waals surface area contributed by atoms with E-state index in [0.29, 0.717) is 28.3 Å². The number of aryl methyl sites for hydroxylation is 1. The molecule has 0 radical (unpaired) electrons. The van der Waals surface area contributed by atoms with Crippen LogP contribution >= 0.6 is 0 Å². The summed E-state index contributed by atoms with van der Waals surface area (Å²) in [6.45, 7) is 7.52. The lowest BCUT2D eigenvalue weighted by Crippen LogP contribution is -2.50. The van der Waals surface area contributed by atoms with Gasteiger partial charge in [-0.2, -0.15) is 0 Å². The highest BCUT2D eigenvalue weighted by Crippen LogP contribution is 2.36. The lowest BCUT2D eigenvalue weighted by atomic mass is 9.99. The third-order valence-corrected chi connectivity index (χ3v) is 6.02. The summed E-state index contributed by atoms with van der Waals surface area (Å²) < 4.78 is 12.7. The molecular formula is C29H33N5O4. The first-order valence-corrected chi connectivity index (χ1v) is 12.3. The van der Waals surface area contributed by atoms with Crippen molar-refractivity contribution in [3.8, 4) is 11.5 Å². The summed E-state index contributed by atoms with van der Waals surface area (Å²) in [4.78, 5) is 29.7. The van der Waals surface area contributed by atoms with E-state index in [-0.39, 0.29) is 18.4 Å². The van der Waals surface area contributed by atoms with Crippen LogP contribution in [0.25, 0.3) is 11.0 Å². The molecule has 0 aliphatic heterocycles. The second kappa shape index (κ2) is 10.9. The van der Waals surface area contributed by atoms with Crippen LogP contribution in [0.2, 0.25) is 0 Å². The summed E-state index contributed by atoms with van der Waals surface area (Å²) in [5.74, 6) is 0.286. The highest BCUT2D eigenvalue weighted by Gasteiger charge is 2.37. The monoisotopic (exact) mass is 515 g/mol. The molecule has 1 aromatic heterocycles. The van der Waals surface area contributed by atoms with E-state index in [0.717, 1.165) is 11.1 Å². The van der Waals surface area contributed by atoms with Crippen LogP contribution < -0.4 is 19.7 Å². The standard InChI is InChI=1S/C29H33N5O4/c1-19-11-13-20(14-12-19)34(26(35)18-33-24-10-8-7-9-23(24)31-32-33)27(28(36)30-29(2,3)4)22-17-21(37-5)15-16-25(22)38-6/h7-17,27H,18H2,1-6H3,(H,30,36). The first kappa shape index (κ1) is 26.7. The van der Waals surface area contributed by atoms with Gasteiger partial charge < -0.3 is 14.8 Å². The van der Waals surface area contributed by atoms with Crippen molar-refractivity contribution in [2.45, 2.75) is 45.8 Å². The van der Waals surface area contributed by atoms with Crippen LogP contribution in [0.5, 0.6) is 11.5 Å². The number of hydrogen-bond donors (Lipinski definition) is 1. The minimum absolute atomic E-state index is 0.125. The number of rotatable bonds is 8. The van der Waals surface area contributed by atoms with Crippen molar-refractivity contribution in [3.05, 3.63) is 77.9 Å². The molecule has 0 saturated heterocycles. The van der Waals surface area contributed by atoms with Crippen LogP contribution in [0.4, 0.5) is 5.69 Å². The van der Waals surface area contributed by atoms with E-state index in [9.17, 15) is 9.59 Å². The Morgan fingerprint density at radius 3 is 2.37 bits per heavy atom. The molecule has 1 atom stereocenters. The van der Waals surface area contributed by atoms with Crippen LogP contribution in [0, 0.1) is 6.92 Å². The molecule has 4 rings (SSSR count). The Labute approximate surface area is 222 Å². The molecular weight excluding hydrogens is 482 g/mol. The number of anilines is 1. The van der Waals surface area contributed by atoms with Gasteiger partial charge in [-0.15, -0.1) is 5.10 Å². The second-order valence-corrected chi connectivity index (χ2v) is 10.1. The Kier molecular flexibility index (Phi) is 7.66. The maximum atomic E-state index is 14.2. The number of carbonyl (C=O) groups excluding carboxylic acids is 2. The van der Waals surface area contributed by atoms with Gasteiger partial charge in [0.25, 0.3) is 0 Å². The fourth-order valence-electron chi connectivity index (χ4n) is 4.27. The number of aromatic nitrogens is 3. The van der Waals surface area contributed by atoms with Gasteiger partial charge >= 0.3 is 0 Å². The van der Waals surface area contributed by atoms with Gasteiger partial charge in [0.1, 0.15) is 29.6 Å². The number of para-hydroxylation sites is 1. The average Bonchev–Trinajstić information content (AvgIpc) is 3.29. The molecule has 198 valence electrons. The number of benzene rings is 3. The SMILES string of the molecule is COc1ccc(OC)c(C(C(=O)NC(C)(C)C)N(C(=O)Cn2nnc3ccccc32)c2ccc(C)cc2)c1. The van der Waals surface area contributed by atoms with E-state index in [1.54, 1.807) is 30.0 Å². The first-order chi connectivity index (χ1) is 18.1. The zero-order valence-electron chi connectivity index (χ0n) is 22.6. The van der Waals surface area contributed by atoms with E-state index >= 15 is 0 Å². The summed E-state index contributed by atoms with van der Waals surface area (Å²) in [5.41, 5.74) is 2.93. The highest BCUT2D eigenvalue weighted by atomic mass is 16.5. The fraction of sp³-hybridized carbons (Fsp3) is 0.310. The van der Waals surface area contributed by atoms with Crippen molar-refractivity contribution in [2.75, 3.05) is 19.1 Å². The molecule has 38 heavy (non-hydrogen) atoms. The number of ether oxygens (including phenoxy) is 2. The van der Waals surface area contributed by atoms with E-state index in [2.05, 4.69) is 15.6 Å². The third-order valence-electron chi connectivity index (χ3n) is 6.02. The van der Waals surface area contributed by atoms with E-state index in [4.69, 9.17) is 9.47 Å². The van der Waals surface area contributed by atoms with Crippen LogP contribution in [0.15, 0.2) is 66.7 Å². The smallest absolute Gasteiger partial charge is 0.249 e. The zero-order chi connectivity index (χ0) is 27.4. The molecule has 1 heterocycles. The Bertz CT molecular complexity index is 1440. The summed E-state index contributed by atoms with van der Waals surface area (Å²) in [6.07, 6.45) is 0. The number of fused-ring (bicyclic) bond motifs is 1. The highest BCUT2D eigenvalue weighted by molar-refractivity contribution is 6.02. The van der Waals surface area contributed by atoms with Gasteiger partial charge in [-0.1, -0.05) is 35.0 Å². The summed E-state index contributed by atoms with van der Waals surface area (Å²) >= 11 is 0. The molecule has 0 aliphatic rings. The largest absolute Gasteiger partial charge is 0.497 e. The van der Waals surface area contributed by atoms with Crippen molar-refractivity contribution < 1.29 is 19.1 Å². The summed E-state index contributed by atoms with van der Waals surface area (Å²) in [5, 5.41) is 11.4. The minimum Gasteiger partial charge on any atom is -0.497 e. The lowest BCUT2D eigenvalue weighted by molar-refractivity contribution is -0.128. The van der Waals surface area contributed by atoms with Gasteiger partial charge in [0.15, 0.2) is 0 Å². The Morgan fingerprint density at radius 1 is 1.00 bits per heavy atom. The number of hydrogen-bond acceptors (Lipinski definition) is 6. The molecule has 2 amide bonds. The van der Waals surface area contributed by atoms with Crippen LogP contribution in [0.1, 0.15) is 37.9 Å². The maximum Gasteiger partial charge on any atom is 0.249 e. The van der Waals surface area contributed by atoms with E-state index in [1.807, 2.05) is 76.2 Å². The second-order valence-electron chi connectivity index (χ2n) is 10.1. The van der Waals surface area contributed by atoms with Gasteiger partial charge in [-0.05, 0) is 70.2 Å². The van der Waals surface area contributed by atoms with Crippen molar-refractivity contribution in [2.24, 2.45) is 0 Å². The maximum absolute atomic E-state index is 14.2. The summed E-state index contributed by atoms with van der Waals surface area (Å²) in [7, 11) is 3.08. The Balaban J connectivity index is 1.89. The van der Waals surface area contributed by atoms with Gasteiger partial charge in [-0.25, -0.2) is 4.68 Å². The average molecular weight is 516 g/mol. The summed E-state index contributed by atoms with van der Waals surface area (Å²) in [6, 6.07) is 19.0.